The first-order valence-corrected chi connectivity index (χ1v) is 6.12. The van der Waals surface area contributed by atoms with E-state index in [1.165, 1.54) is 30.3 Å². The highest BCUT2D eigenvalue weighted by Crippen LogP contribution is 2.34. The van der Waals surface area contributed by atoms with Gasteiger partial charge in [0.15, 0.2) is 11.6 Å². The molecule has 2 rings (SSSR count). The predicted octanol–water partition coefficient (Wildman–Crippen LogP) is 4.16. The molecule has 0 aliphatic rings. The number of nitro groups is 1. The summed E-state index contributed by atoms with van der Waals surface area (Å²) in [6.07, 6.45) is 0. The highest BCUT2D eigenvalue weighted by Gasteiger charge is 2.18. The highest BCUT2D eigenvalue weighted by molar-refractivity contribution is 9.10. The molecule has 0 heterocycles. The fraction of sp³-hybridized carbons (Fsp3) is 0. The molecule has 0 spiro atoms. The van der Waals surface area contributed by atoms with Crippen LogP contribution in [0.4, 0.5) is 10.1 Å². The molecule has 0 aliphatic carbocycles. The van der Waals surface area contributed by atoms with Gasteiger partial charge < -0.3 is 4.74 Å². The Morgan fingerprint density at radius 3 is 2.65 bits per heavy atom. The first-order valence-electron chi connectivity index (χ1n) is 5.32. The summed E-state index contributed by atoms with van der Waals surface area (Å²) >= 11 is 3.16. The molecule has 0 saturated carbocycles. The Kier molecular flexibility index (Phi) is 3.96. The lowest BCUT2D eigenvalue weighted by molar-refractivity contribution is -0.385. The first-order chi connectivity index (χ1) is 9.51. The van der Waals surface area contributed by atoms with Crippen molar-refractivity contribution < 1.29 is 14.1 Å². The van der Waals surface area contributed by atoms with E-state index in [0.717, 1.165) is 6.07 Å². The summed E-state index contributed by atoms with van der Waals surface area (Å²) in [5, 5.41) is 19.7. The Morgan fingerprint density at radius 2 is 2.00 bits per heavy atom. The third kappa shape index (κ3) is 2.92. The Labute approximate surface area is 121 Å². The molecule has 0 unspecified atom stereocenters. The maximum Gasteiger partial charge on any atom is 0.312 e. The number of ether oxygens (including phenoxy) is 1. The van der Waals surface area contributed by atoms with Crippen molar-refractivity contribution in [1.82, 2.24) is 0 Å². The van der Waals surface area contributed by atoms with Crippen LogP contribution in [0.5, 0.6) is 11.5 Å². The van der Waals surface area contributed by atoms with Crippen molar-refractivity contribution >= 4 is 21.6 Å². The van der Waals surface area contributed by atoms with Gasteiger partial charge in [0, 0.05) is 10.5 Å². The quantitative estimate of drug-likeness (QED) is 0.622. The monoisotopic (exact) mass is 336 g/mol. The lowest BCUT2D eigenvalue weighted by Crippen LogP contribution is -1.95. The molecule has 0 amide bonds. The fourth-order valence-electron chi connectivity index (χ4n) is 1.49. The SMILES string of the molecule is N#Cc1ccc(Oc2cc(Br)ccc2F)c([N+](=O)[O-])c1. The number of nitro benzene ring substituents is 1. The van der Waals surface area contributed by atoms with Crippen LogP contribution in [0.1, 0.15) is 5.56 Å². The van der Waals surface area contributed by atoms with E-state index in [9.17, 15) is 14.5 Å². The number of hydrogen-bond acceptors (Lipinski definition) is 4. The van der Waals surface area contributed by atoms with Gasteiger partial charge in [0.1, 0.15) is 0 Å². The molecule has 0 fully saturated rings. The number of hydrogen-bond donors (Lipinski definition) is 0. The van der Waals surface area contributed by atoms with Crippen LogP contribution in [0.15, 0.2) is 40.9 Å². The minimum atomic E-state index is -0.688. The fourth-order valence-corrected chi connectivity index (χ4v) is 1.83. The Bertz CT molecular complexity index is 728. The molecule has 0 atom stereocenters. The Morgan fingerprint density at radius 1 is 1.25 bits per heavy atom. The van der Waals surface area contributed by atoms with Crippen molar-refractivity contribution in [1.29, 1.82) is 5.26 Å². The van der Waals surface area contributed by atoms with Gasteiger partial charge in [0.05, 0.1) is 16.6 Å². The number of rotatable bonds is 3. The molecule has 0 N–H and O–H groups in total. The van der Waals surface area contributed by atoms with E-state index < -0.39 is 16.4 Å². The van der Waals surface area contributed by atoms with Crippen LogP contribution in [-0.2, 0) is 0 Å². The summed E-state index contributed by atoms with van der Waals surface area (Å²) in [6.45, 7) is 0. The van der Waals surface area contributed by atoms with Gasteiger partial charge in [-0.05, 0) is 30.3 Å². The van der Waals surface area contributed by atoms with E-state index in [1.807, 2.05) is 0 Å². The second kappa shape index (κ2) is 5.67. The van der Waals surface area contributed by atoms with E-state index >= 15 is 0 Å². The second-order valence-electron chi connectivity index (χ2n) is 3.73. The minimum absolute atomic E-state index is 0.124. The van der Waals surface area contributed by atoms with Crippen LogP contribution in [0.25, 0.3) is 0 Å². The summed E-state index contributed by atoms with van der Waals surface area (Å²) in [5.74, 6) is -0.926. The first kappa shape index (κ1) is 14.0. The number of benzene rings is 2. The number of halogens is 2. The van der Waals surface area contributed by atoms with Gasteiger partial charge in [-0.3, -0.25) is 10.1 Å². The molecule has 2 aromatic carbocycles. The molecule has 7 heteroatoms. The zero-order valence-electron chi connectivity index (χ0n) is 9.84. The van der Waals surface area contributed by atoms with Crippen LogP contribution in [0.2, 0.25) is 0 Å². The Hall–Kier alpha value is -2.46. The van der Waals surface area contributed by atoms with E-state index in [2.05, 4.69) is 15.9 Å². The normalized spacial score (nSPS) is 9.85. The van der Waals surface area contributed by atoms with E-state index in [-0.39, 0.29) is 17.1 Å². The van der Waals surface area contributed by atoms with Gasteiger partial charge in [0.2, 0.25) is 5.75 Å². The van der Waals surface area contributed by atoms with Gasteiger partial charge in [-0.25, -0.2) is 4.39 Å². The topological polar surface area (TPSA) is 76.2 Å². The van der Waals surface area contributed by atoms with Gasteiger partial charge in [-0.2, -0.15) is 5.26 Å². The Balaban J connectivity index is 2.46. The highest BCUT2D eigenvalue weighted by atomic mass is 79.9. The van der Waals surface area contributed by atoms with Gasteiger partial charge in [0.25, 0.3) is 0 Å². The lowest BCUT2D eigenvalue weighted by Gasteiger charge is -2.07. The van der Waals surface area contributed by atoms with Gasteiger partial charge in [-0.15, -0.1) is 0 Å². The third-order valence-electron chi connectivity index (χ3n) is 2.40. The van der Waals surface area contributed by atoms with Crippen molar-refractivity contribution in [2.75, 3.05) is 0 Å². The maximum atomic E-state index is 13.6. The van der Waals surface area contributed by atoms with Crippen molar-refractivity contribution in [3.63, 3.8) is 0 Å². The van der Waals surface area contributed by atoms with Gasteiger partial charge >= 0.3 is 5.69 Å². The third-order valence-corrected chi connectivity index (χ3v) is 2.89. The molecule has 20 heavy (non-hydrogen) atoms. The largest absolute Gasteiger partial charge is 0.447 e. The molecule has 2 aromatic rings. The molecule has 0 saturated heterocycles. The number of nitrogens with zero attached hydrogens (tertiary/aromatic N) is 2. The standard InChI is InChI=1S/C13H6BrFN2O3/c14-9-2-3-10(15)13(6-9)20-12-4-1-8(7-16)5-11(12)17(18)19/h1-6H. The molecule has 0 bridgehead atoms. The molecular formula is C13H6BrFN2O3. The average molecular weight is 337 g/mol. The van der Waals surface area contributed by atoms with Crippen molar-refractivity contribution in [3.8, 4) is 17.6 Å². The van der Waals surface area contributed by atoms with Crippen LogP contribution >= 0.6 is 15.9 Å². The molecule has 0 aromatic heterocycles. The zero-order valence-corrected chi connectivity index (χ0v) is 11.4. The van der Waals surface area contributed by atoms with E-state index in [1.54, 1.807) is 6.07 Å². The molecule has 0 radical (unpaired) electrons. The lowest BCUT2D eigenvalue weighted by atomic mass is 10.2. The van der Waals surface area contributed by atoms with Crippen LogP contribution in [0.3, 0.4) is 0 Å². The summed E-state index contributed by atoms with van der Waals surface area (Å²) in [7, 11) is 0. The van der Waals surface area contributed by atoms with Gasteiger partial charge in [-0.1, -0.05) is 15.9 Å². The van der Waals surface area contributed by atoms with Crippen LogP contribution in [0, 0.1) is 27.3 Å². The van der Waals surface area contributed by atoms with Crippen LogP contribution in [-0.4, -0.2) is 4.92 Å². The molecule has 100 valence electrons. The van der Waals surface area contributed by atoms with Crippen molar-refractivity contribution in [2.45, 2.75) is 0 Å². The van der Waals surface area contributed by atoms with E-state index in [4.69, 9.17) is 10.00 Å². The van der Waals surface area contributed by atoms with Crippen molar-refractivity contribution in [3.05, 3.63) is 62.4 Å². The second-order valence-corrected chi connectivity index (χ2v) is 4.64. The summed E-state index contributed by atoms with van der Waals surface area (Å²) in [6, 6.07) is 9.50. The average Bonchev–Trinajstić information content (AvgIpc) is 2.43. The number of nitriles is 1. The smallest absolute Gasteiger partial charge is 0.312 e. The zero-order chi connectivity index (χ0) is 14.7. The van der Waals surface area contributed by atoms with E-state index in [0.29, 0.717) is 4.47 Å². The molecular weight excluding hydrogens is 331 g/mol. The predicted molar refractivity (Wildman–Crippen MR) is 72.0 cm³/mol. The maximum absolute atomic E-state index is 13.6. The summed E-state index contributed by atoms with van der Waals surface area (Å²) in [4.78, 5) is 10.3. The summed E-state index contributed by atoms with van der Waals surface area (Å²) in [5.41, 5.74) is -0.276. The summed E-state index contributed by atoms with van der Waals surface area (Å²) < 4.78 is 19.4. The van der Waals surface area contributed by atoms with Crippen LogP contribution < -0.4 is 4.74 Å². The molecule has 0 aliphatic heterocycles. The molecule has 5 nitrogen and oxygen atoms in total. The minimum Gasteiger partial charge on any atom is -0.447 e. The van der Waals surface area contributed by atoms with Crippen molar-refractivity contribution in [2.24, 2.45) is 0 Å².